The number of carbonyl (C=O) groups is 1. The molecular formula is C23H25FN4O2. The molecule has 7 heteroatoms. The van der Waals surface area contributed by atoms with Gasteiger partial charge in [-0.05, 0) is 80.3 Å². The van der Waals surface area contributed by atoms with E-state index < -0.39 is 5.82 Å². The van der Waals surface area contributed by atoms with Crippen LogP contribution < -0.4 is 0 Å². The third kappa shape index (κ3) is 4.49. The number of benzene rings is 1. The molecule has 1 saturated carbocycles. The van der Waals surface area contributed by atoms with Crippen LogP contribution in [0.4, 0.5) is 4.39 Å². The molecule has 156 valence electrons. The molecule has 1 amide bonds. The van der Waals surface area contributed by atoms with Gasteiger partial charge in [-0.3, -0.25) is 9.63 Å². The molecule has 1 aromatic carbocycles. The number of halogens is 1. The topological polar surface area (TPSA) is 79.1 Å². The van der Waals surface area contributed by atoms with Gasteiger partial charge in [0.25, 0.3) is 0 Å². The first-order valence-electron chi connectivity index (χ1n) is 10.5. The summed E-state index contributed by atoms with van der Waals surface area (Å²) in [6.07, 6.45) is 6.98. The van der Waals surface area contributed by atoms with E-state index in [-0.39, 0.29) is 23.4 Å². The number of amides is 1. The van der Waals surface area contributed by atoms with Gasteiger partial charge in [-0.25, -0.2) is 9.45 Å². The summed E-state index contributed by atoms with van der Waals surface area (Å²) < 4.78 is 13.9. The van der Waals surface area contributed by atoms with Crippen molar-refractivity contribution in [2.75, 3.05) is 6.61 Å². The highest BCUT2D eigenvalue weighted by Gasteiger charge is 2.37. The Morgan fingerprint density at radius 1 is 1.23 bits per heavy atom. The molecule has 0 unspecified atom stereocenters. The van der Waals surface area contributed by atoms with E-state index in [2.05, 4.69) is 16.3 Å². The highest BCUT2D eigenvalue weighted by molar-refractivity contribution is 5.78. The first-order valence-corrected chi connectivity index (χ1v) is 10.5. The van der Waals surface area contributed by atoms with Crippen molar-refractivity contribution in [2.24, 2.45) is 11.8 Å². The average Bonchev–Trinajstić information content (AvgIpc) is 3.23. The van der Waals surface area contributed by atoms with Crippen LogP contribution >= 0.6 is 0 Å². The number of hydrogen-bond acceptors (Lipinski definition) is 5. The number of hydroxylamine groups is 2. The Labute approximate surface area is 175 Å². The number of aryl methyl sites for hydroxylation is 1. The molecule has 1 aromatic heterocycles. The van der Waals surface area contributed by atoms with Crippen molar-refractivity contribution in [3.05, 3.63) is 58.7 Å². The summed E-state index contributed by atoms with van der Waals surface area (Å²) in [7, 11) is 0. The molecule has 1 atom stereocenters. The Hall–Kier alpha value is -2.85. The Balaban J connectivity index is 1.39. The van der Waals surface area contributed by atoms with Gasteiger partial charge in [-0.15, -0.1) is 0 Å². The van der Waals surface area contributed by atoms with Gasteiger partial charge in [0.15, 0.2) is 0 Å². The lowest BCUT2D eigenvalue weighted by atomic mass is 9.79. The minimum atomic E-state index is -0.468. The Bertz CT molecular complexity index is 966. The fraction of sp³-hybridized carbons (Fsp3) is 0.478. The lowest BCUT2D eigenvalue weighted by Gasteiger charge is -2.32. The van der Waals surface area contributed by atoms with Crippen molar-refractivity contribution in [2.45, 2.75) is 51.5 Å². The number of carbonyl (C=O) groups excluding carboxylic acids is 1. The Morgan fingerprint density at radius 3 is 2.77 bits per heavy atom. The minimum Gasteiger partial charge on any atom is -0.272 e. The van der Waals surface area contributed by atoms with Gasteiger partial charge in [0.05, 0.1) is 36.2 Å². The quantitative estimate of drug-likeness (QED) is 0.763. The van der Waals surface area contributed by atoms with Crippen LogP contribution in [-0.2, 0) is 16.1 Å². The van der Waals surface area contributed by atoms with Crippen molar-refractivity contribution in [1.29, 1.82) is 5.26 Å². The predicted octanol–water partition coefficient (Wildman–Crippen LogP) is 4.05. The molecule has 6 nitrogen and oxygen atoms in total. The molecule has 0 radical (unpaired) electrons. The van der Waals surface area contributed by atoms with Crippen molar-refractivity contribution in [3.63, 3.8) is 0 Å². The molecule has 2 fully saturated rings. The fourth-order valence-corrected chi connectivity index (χ4v) is 4.63. The van der Waals surface area contributed by atoms with E-state index >= 15 is 0 Å². The van der Waals surface area contributed by atoms with Gasteiger partial charge >= 0.3 is 0 Å². The maximum absolute atomic E-state index is 13.9. The summed E-state index contributed by atoms with van der Waals surface area (Å²) >= 11 is 0. The molecule has 1 saturated heterocycles. The smallest absolute Gasteiger partial charge is 0.249 e. The number of nitriles is 1. The van der Waals surface area contributed by atoms with E-state index in [1.54, 1.807) is 6.07 Å². The Morgan fingerprint density at radius 2 is 2.03 bits per heavy atom. The zero-order valence-corrected chi connectivity index (χ0v) is 17.1. The molecule has 4 rings (SSSR count). The van der Waals surface area contributed by atoms with E-state index in [0.717, 1.165) is 37.8 Å². The molecule has 1 aliphatic carbocycles. The normalized spacial score (nSPS) is 23.9. The summed E-state index contributed by atoms with van der Waals surface area (Å²) in [5.41, 5.74) is 2.99. The Kier molecular flexibility index (Phi) is 6.05. The SMILES string of the molecule is Cc1cc(CC2CCC(C(=O)N3OCC[C@H]3c3cc(F)cc(C#N)c3)CC2)cnn1. The monoisotopic (exact) mass is 408 g/mol. The lowest BCUT2D eigenvalue weighted by molar-refractivity contribution is -0.183. The highest BCUT2D eigenvalue weighted by atomic mass is 19.1. The van der Waals surface area contributed by atoms with E-state index in [4.69, 9.17) is 10.1 Å². The third-order valence-electron chi connectivity index (χ3n) is 6.11. The highest BCUT2D eigenvalue weighted by Crippen LogP contribution is 2.37. The second kappa shape index (κ2) is 8.88. The molecule has 1 aliphatic heterocycles. The van der Waals surface area contributed by atoms with Gasteiger partial charge < -0.3 is 0 Å². The van der Waals surface area contributed by atoms with Crippen LogP contribution in [0.3, 0.4) is 0 Å². The summed E-state index contributed by atoms with van der Waals surface area (Å²) in [6.45, 7) is 2.36. The lowest BCUT2D eigenvalue weighted by Crippen LogP contribution is -2.36. The van der Waals surface area contributed by atoms with Gasteiger partial charge in [0.2, 0.25) is 5.91 Å². The second-order valence-corrected chi connectivity index (χ2v) is 8.31. The van der Waals surface area contributed by atoms with Crippen LogP contribution in [0.2, 0.25) is 0 Å². The standard InChI is InChI=1S/C23H25FN4O2/c1-15-8-18(14-26-27-15)9-16-2-4-19(5-3-16)23(29)28-22(6-7-30-28)20-10-17(13-25)11-21(24)12-20/h8,10-12,14,16,19,22H,2-7,9H2,1H3/t16?,19?,22-/m0/s1. The zero-order chi connectivity index (χ0) is 21.1. The van der Waals surface area contributed by atoms with Crippen LogP contribution in [0.25, 0.3) is 0 Å². The molecular weight excluding hydrogens is 383 g/mol. The van der Waals surface area contributed by atoms with Gasteiger partial charge in [0, 0.05) is 12.3 Å². The van der Waals surface area contributed by atoms with E-state index in [9.17, 15) is 9.18 Å². The van der Waals surface area contributed by atoms with Crippen LogP contribution in [0.15, 0.2) is 30.5 Å². The molecule has 30 heavy (non-hydrogen) atoms. The third-order valence-corrected chi connectivity index (χ3v) is 6.11. The van der Waals surface area contributed by atoms with Gasteiger partial charge in [-0.2, -0.15) is 15.5 Å². The van der Waals surface area contributed by atoms with Crippen molar-refractivity contribution in [3.8, 4) is 6.07 Å². The summed E-state index contributed by atoms with van der Waals surface area (Å²) in [4.78, 5) is 18.8. The number of aromatic nitrogens is 2. The van der Waals surface area contributed by atoms with Crippen molar-refractivity contribution >= 4 is 5.91 Å². The zero-order valence-electron chi connectivity index (χ0n) is 17.1. The molecule has 0 spiro atoms. The van der Waals surface area contributed by atoms with E-state index in [1.807, 2.05) is 19.2 Å². The first-order chi connectivity index (χ1) is 14.5. The van der Waals surface area contributed by atoms with E-state index in [1.165, 1.54) is 22.8 Å². The number of hydrogen-bond donors (Lipinski definition) is 0. The maximum atomic E-state index is 13.9. The number of rotatable bonds is 4. The predicted molar refractivity (Wildman–Crippen MR) is 107 cm³/mol. The molecule has 0 bridgehead atoms. The fourth-order valence-electron chi connectivity index (χ4n) is 4.63. The van der Waals surface area contributed by atoms with Gasteiger partial charge in [0.1, 0.15) is 5.82 Å². The molecule has 0 N–H and O–H groups in total. The number of nitrogens with zero attached hydrogens (tertiary/aromatic N) is 4. The van der Waals surface area contributed by atoms with Crippen molar-refractivity contribution < 1.29 is 14.0 Å². The van der Waals surface area contributed by atoms with Crippen LogP contribution in [0, 0.1) is 35.9 Å². The first kappa shape index (κ1) is 20.4. The molecule has 2 heterocycles. The maximum Gasteiger partial charge on any atom is 0.249 e. The second-order valence-electron chi connectivity index (χ2n) is 8.31. The van der Waals surface area contributed by atoms with Gasteiger partial charge in [-0.1, -0.05) is 0 Å². The molecule has 2 aliphatic rings. The van der Waals surface area contributed by atoms with Crippen molar-refractivity contribution in [1.82, 2.24) is 15.3 Å². The summed E-state index contributed by atoms with van der Waals surface area (Å²) in [5.74, 6) is -0.0395. The van der Waals surface area contributed by atoms with E-state index in [0.29, 0.717) is 24.5 Å². The summed E-state index contributed by atoms with van der Waals surface area (Å²) in [6, 6.07) is 7.94. The summed E-state index contributed by atoms with van der Waals surface area (Å²) in [5, 5.41) is 18.6. The van der Waals surface area contributed by atoms with Crippen LogP contribution in [0.1, 0.15) is 60.5 Å². The van der Waals surface area contributed by atoms with Crippen LogP contribution in [-0.4, -0.2) is 27.8 Å². The minimum absolute atomic E-state index is 0.0276. The van der Waals surface area contributed by atoms with Crippen LogP contribution in [0.5, 0.6) is 0 Å². The molecule has 2 aromatic rings. The average molecular weight is 408 g/mol. The largest absolute Gasteiger partial charge is 0.272 e.